The van der Waals surface area contributed by atoms with Gasteiger partial charge in [-0.15, -0.1) is 0 Å². The molecule has 0 saturated carbocycles. The predicted octanol–water partition coefficient (Wildman–Crippen LogP) is -2.14. The maximum Gasteiger partial charge on any atom is 0.321 e. The SMILES string of the molecule is NCCNC(=O)C[C@H](N)C(=O)O. The first-order valence-corrected chi connectivity index (χ1v) is 3.53. The van der Waals surface area contributed by atoms with Crippen molar-refractivity contribution in [3.63, 3.8) is 0 Å². The van der Waals surface area contributed by atoms with Gasteiger partial charge in [0, 0.05) is 13.1 Å². The maximum absolute atomic E-state index is 10.8. The molecule has 0 rings (SSSR count). The van der Waals surface area contributed by atoms with Crippen LogP contribution in [0.4, 0.5) is 0 Å². The zero-order valence-corrected chi connectivity index (χ0v) is 6.62. The van der Waals surface area contributed by atoms with Crippen molar-refractivity contribution in [2.24, 2.45) is 11.5 Å². The van der Waals surface area contributed by atoms with Crippen LogP contribution in [0, 0.1) is 0 Å². The van der Waals surface area contributed by atoms with Gasteiger partial charge in [-0.3, -0.25) is 9.59 Å². The van der Waals surface area contributed by atoms with E-state index in [4.69, 9.17) is 16.6 Å². The third-order valence-electron chi connectivity index (χ3n) is 1.19. The van der Waals surface area contributed by atoms with E-state index in [1.54, 1.807) is 0 Å². The summed E-state index contributed by atoms with van der Waals surface area (Å²) < 4.78 is 0. The predicted molar refractivity (Wildman–Crippen MR) is 42.3 cm³/mol. The molecule has 6 nitrogen and oxygen atoms in total. The number of nitrogens with two attached hydrogens (primary N) is 2. The Hall–Kier alpha value is -1.14. The van der Waals surface area contributed by atoms with E-state index in [-0.39, 0.29) is 6.42 Å². The van der Waals surface area contributed by atoms with Crippen molar-refractivity contribution in [3.8, 4) is 0 Å². The van der Waals surface area contributed by atoms with Gasteiger partial charge in [-0.2, -0.15) is 0 Å². The minimum atomic E-state index is -1.18. The summed E-state index contributed by atoms with van der Waals surface area (Å²) in [5.41, 5.74) is 10.2. The molecule has 0 spiro atoms. The summed E-state index contributed by atoms with van der Waals surface area (Å²) in [5, 5.41) is 10.7. The van der Waals surface area contributed by atoms with E-state index in [2.05, 4.69) is 5.32 Å². The van der Waals surface area contributed by atoms with Crippen molar-refractivity contribution in [2.45, 2.75) is 12.5 Å². The number of rotatable bonds is 5. The summed E-state index contributed by atoms with van der Waals surface area (Å²) >= 11 is 0. The highest BCUT2D eigenvalue weighted by Crippen LogP contribution is 1.87. The molecule has 12 heavy (non-hydrogen) atoms. The van der Waals surface area contributed by atoms with Crippen LogP contribution in [0.15, 0.2) is 0 Å². The Balaban J connectivity index is 3.61. The van der Waals surface area contributed by atoms with E-state index in [9.17, 15) is 9.59 Å². The highest BCUT2D eigenvalue weighted by Gasteiger charge is 2.15. The lowest BCUT2D eigenvalue weighted by atomic mass is 10.2. The fourth-order valence-corrected chi connectivity index (χ4v) is 0.571. The third-order valence-corrected chi connectivity index (χ3v) is 1.19. The molecular weight excluding hydrogens is 162 g/mol. The number of hydrogen-bond acceptors (Lipinski definition) is 4. The van der Waals surface area contributed by atoms with Gasteiger partial charge < -0.3 is 21.9 Å². The van der Waals surface area contributed by atoms with Gasteiger partial charge in [0.15, 0.2) is 0 Å². The first-order chi connectivity index (χ1) is 5.57. The number of amides is 1. The lowest BCUT2D eigenvalue weighted by Crippen LogP contribution is -2.38. The quantitative estimate of drug-likeness (QED) is 0.380. The second-order valence-corrected chi connectivity index (χ2v) is 2.29. The van der Waals surface area contributed by atoms with Crippen LogP contribution in [0.25, 0.3) is 0 Å². The lowest BCUT2D eigenvalue weighted by molar-refractivity contribution is -0.140. The maximum atomic E-state index is 10.8. The zero-order valence-electron chi connectivity index (χ0n) is 6.62. The Morgan fingerprint density at radius 3 is 2.50 bits per heavy atom. The molecule has 0 aliphatic carbocycles. The molecule has 1 atom stereocenters. The number of carbonyl (C=O) groups excluding carboxylic acids is 1. The van der Waals surface area contributed by atoms with Crippen molar-refractivity contribution in [1.82, 2.24) is 5.32 Å². The van der Waals surface area contributed by atoms with Gasteiger partial charge in [-0.25, -0.2) is 0 Å². The van der Waals surface area contributed by atoms with Crippen molar-refractivity contribution < 1.29 is 14.7 Å². The smallest absolute Gasteiger partial charge is 0.321 e. The Kier molecular flexibility index (Phi) is 4.98. The Bertz CT molecular complexity index is 171. The molecule has 0 aromatic rings. The van der Waals surface area contributed by atoms with Gasteiger partial charge in [-0.1, -0.05) is 0 Å². The summed E-state index contributed by atoms with van der Waals surface area (Å²) in [4.78, 5) is 21.0. The van der Waals surface area contributed by atoms with Crippen molar-refractivity contribution in [2.75, 3.05) is 13.1 Å². The normalized spacial score (nSPS) is 12.2. The molecule has 0 heterocycles. The molecule has 0 bridgehead atoms. The molecule has 0 aromatic heterocycles. The average Bonchev–Trinajstić information content (AvgIpc) is 2.00. The highest BCUT2D eigenvalue weighted by molar-refractivity contribution is 5.84. The summed E-state index contributed by atoms with van der Waals surface area (Å²) in [5.74, 6) is -1.58. The molecule has 0 aromatic carbocycles. The molecular formula is C6H13N3O3. The molecule has 0 aliphatic rings. The summed E-state index contributed by atoms with van der Waals surface area (Å²) in [6.07, 6.45) is -0.213. The standard InChI is InChI=1S/C6H13N3O3/c7-1-2-9-5(10)3-4(8)6(11)12/h4H,1-3,7-8H2,(H,9,10)(H,11,12)/t4-/m0/s1. The molecule has 0 saturated heterocycles. The largest absolute Gasteiger partial charge is 0.480 e. The van der Waals surface area contributed by atoms with E-state index < -0.39 is 17.9 Å². The number of nitrogens with one attached hydrogen (secondary N) is 1. The number of aliphatic carboxylic acids is 1. The summed E-state index contributed by atoms with van der Waals surface area (Å²) in [6.45, 7) is 0.666. The summed E-state index contributed by atoms with van der Waals surface area (Å²) in [6, 6.07) is -1.14. The second-order valence-electron chi connectivity index (χ2n) is 2.29. The molecule has 0 fully saturated rings. The Morgan fingerprint density at radius 2 is 2.08 bits per heavy atom. The first-order valence-electron chi connectivity index (χ1n) is 3.53. The third kappa shape index (κ3) is 4.64. The Labute approximate surface area is 69.9 Å². The monoisotopic (exact) mass is 175 g/mol. The minimum absolute atomic E-state index is 0.213. The first kappa shape index (κ1) is 10.9. The van der Waals surface area contributed by atoms with Crippen LogP contribution in [0.3, 0.4) is 0 Å². The zero-order chi connectivity index (χ0) is 9.56. The molecule has 0 radical (unpaired) electrons. The van der Waals surface area contributed by atoms with Gasteiger partial charge in [0.2, 0.25) is 5.91 Å². The topological polar surface area (TPSA) is 118 Å². The van der Waals surface area contributed by atoms with Crippen LogP contribution in [0.1, 0.15) is 6.42 Å². The van der Waals surface area contributed by atoms with Crippen molar-refractivity contribution >= 4 is 11.9 Å². The molecule has 0 unspecified atom stereocenters. The average molecular weight is 175 g/mol. The van der Waals surface area contributed by atoms with Crippen LogP contribution >= 0.6 is 0 Å². The minimum Gasteiger partial charge on any atom is -0.480 e. The summed E-state index contributed by atoms with van der Waals surface area (Å²) in [7, 11) is 0. The van der Waals surface area contributed by atoms with Crippen LogP contribution in [0.2, 0.25) is 0 Å². The van der Waals surface area contributed by atoms with E-state index in [0.29, 0.717) is 13.1 Å². The molecule has 6 N–H and O–H groups in total. The van der Waals surface area contributed by atoms with E-state index >= 15 is 0 Å². The van der Waals surface area contributed by atoms with Gasteiger partial charge >= 0.3 is 5.97 Å². The van der Waals surface area contributed by atoms with Crippen LogP contribution in [0.5, 0.6) is 0 Å². The van der Waals surface area contributed by atoms with Crippen LogP contribution in [-0.4, -0.2) is 36.1 Å². The number of hydrogen-bond donors (Lipinski definition) is 4. The van der Waals surface area contributed by atoms with Gasteiger partial charge in [0.25, 0.3) is 0 Å². The van der Waals surface area contributed by atoms with Crippen LogP contribution < -0.4 is 16.8 Å². The Morgan fingerprint density at radius 1 is 1.50 bits per heavy atom. The number of carboxylic acid groups (broad SMARTS) is 1. The van der Waals surface area contributed by atoms with Crippen LogP contribution in [-0.2, 0) is 9.59 Å². The van der Waals surface area contributed by atoms with E-state index in [1.807, 2.05) is 0 Å². The van der Waals surface area contributed by atoms with Crippen molar-refractivity contribution in [3.05, 3.63) is 0 Å². The molecule has 70 valence electrons. The van der Waals surface area contributed by atoms with E-state index in [0.717, 1.165) is 0 Å². The highest BCUT2D eigenvalue weighted by atomic mass is 16.4. The fraction of sp³-hybridized carbons (Fsp3) is 0.667. The lowest BCUT2D eigenvalue weighted by Gasteiger charge is -2.05. The number of carboxylic acids is 1. The molecule has 6 heteroatoms. The second kappa shape index (κ2) is 5.50. The molecule has 0 aliphatic heterocycles. The number of carbonyl (C=O) groups is 2. The van der Waals surface area contributed by atoms with Gasteiger partial charge in [0.05, 0.1) is 6.42 Å². The molecule has 1 amide bonds. The van der Waals surface area contributed by atoms with E-state index in [1.165, 1.54) is 0 Å². The van der Waals surface area contributed by atoms with Gasteiger partial charge in [-0.05, 0) is 0 Å². The van der Waals surface area contributed by atoms with Crippen molar-refractivity contribution in [1.29, 1.82) is 0 Å². The fourth-order valence-electron chi connectivity index (χ4n) is 0.571. The van der Waals surface area contributed by atoms with Gasteiger partial charge in [0.1, 0.15) is 6.04 Å².